The first kappa shape index (κ1) is 21.5. The monoisotopic (exact) mass is 416 g/mol. The van der Waals surface area contributed by atoms with E-state index in [1.54, 1.807) is 20.8 Å². The predicted molar refractivity (Wildman–Crippen MR) is 98.8 cm³/mol. The van der Waals surface area contributed by atoms with Crippen LogP contribution in [0.15, 0.2) is 23.2 Å². The second-order valence-corrected chi connectivity index (χ2v) is 9.46. The third-order valence-electron chi connectivity index (χ3n) is 3.90. The molecule has 0 bridgehead atoms. The third kappa shape index (κ3) is 4.38. The van der Waals surface area contributed by atoms with Gasteiger partial charge in [0.15, 0.2) is 0 Å². The van der Waals surface area contributed by atoms with Crippen LogP contribution in [0.3, 0.4) is 0 Å². The Labute approximate surface area is 161 Å². The molecule has 154 valence electrons. The van der Waals surface area contributed by atoms with Crippen molar-refractivity contribution in [2.24, 2.45) is 4.99 Å². The standard InChI is InChI=1S/C16H21FN4O6S/c1-15(2,3)27-14(22)18-13-19-16(4,9-28(25,26)20(13)5)10-7-6-8-11(12(10)17)21(23)24/h6-8H,9H2,1-5H3,(H,18,19,22)/t16-/m0/s1. The number of alkyl carbamates (subject to hydrolysis) is 1. The maximum atomic E-state index is 14.7. The van der Waals surface area contributed by atoms with Crippen LogP contribution >= 0.6 is 0 Å². The summed E-state index contributed by atoms with van der Waals surface area (Å²) in [5.41, 5.74) is -3.62. The zero-order valence-electron chi connectivity index (χ0n) is 16.0. The number of guanidine groups is 1. The number of sulfonamides is 1. The molecule has 1 atom stereocenters. The van der Waals surface area contributed by atoms with Crippen LogP contribution in [0, 0.1) is 15.9 Å². The largest absolute Gasteiger partial charge is 0.444 e. The van der Waals surface area contributed by atoms with Gasteiger partial charge < -0.3 is 4.74 Å². The van der Waals surface area contributed by atoms with Crippen LogP contribution in [0.5, 0.6) is 0 Å². The van der Waals surface area contributed by atoms with Crippen LogP contribution in [0.1, 0.15) is 33.3 Å². The van der Waals surface area contributed by atoms with Gasteiger partial charge in [0, 0.05) is 18.7 Å². The van der Waals surface area contributed by atoms with E-state index in [4.69, 9.17) is 4.74 Å². The van der Waals surface area contributed by atoms with Crippen molar-refractivity contribution in [3.05, 3.63) is 39.7 Å². The Morgan fingerprint density at radius 2 is 2.04 bits per heavy atom. The molecule has 0 spiro atoms. The zero-order chi connectivity index (χ0) is 21.5. The highest BCUT2D eigenvalue weighted by Crippen LogP contribution is 2.36. The average Bonchev–Trinajstić information content (AvgIpc) is 2.49. The summed E-state index contributed by atoms with van der Waals surface area (Å²) in [4.78, 5) is 26.3. The topological polar surface area (TPSA) is 131 Å². The molecule has 0 radical (unpaired) electrons. The van der Waals surface area contributed by atoms with E-state index < -0.39 is 49.4 Å². The molecule has 1 heterocycles. The van der Waals surface area contributed by atoms with Crippen molar-refractivity contribution in [2.45, 2.75) is 38.8 Å². The minimum atomic E-state index is -4.01. The van der Waals surface area contributed by atoms with E-state index in [0.29, 0.717) is 0 Å². The lowest BCUT2D eigenvalue weighted by atomic mass is 9.93. The number of carbonyl (C=O) groups excluding carboxylic acids is 1. The molecule has 1 aliphatic rings. The molecule has 0 aromatic heterocycles. The Bertz CT molecular complexity index is 956. The van der Waals surface area contributed by atoms with Gasteiger partial charge in [-0.3, -0.25) is 15.4 Å². The molecule has 1 aromatic carbocycles. The lowest BCUT2D eigenvalue weighted by molar-refractivity contribution is -0.387. The minimum Gasteiger partial charge on any atom is -0.444 e. The van der Waals surface area contributed by atoms with Crippen molar-refractivity contribution in [1.29, 1.82) is 0 Å². The average molecular weight is 416 g/mol. The smallest absolute Gasteiger partial charge is 0.414 e. The number of nitro groups is 1. The number of hydrogen-bond acceptors (Lipinski definition) is 7. The molecule has 12 heteroatoms. The van der Waals surface area contributed by atoms with Gasteiger partial charge in [0.2, 0.25) is 21.8 Å². The summed E-state index contributed by atoms with van der Waals surface area (Å²) in [5, 5.41) is 13.3. The lowest BCUT2D eigenvalue weighted by Crippen LogP contribution is -2.54. The normalized spacial score (nSPS) is 21.6. The molecule has 1 aliphatic heterocycles. The molecule has 0 saturated carbocycles. The quantitative estimate of drug-likeness (QED) is 0.580. The van der Waals surface area contributed by atoms with E-state index >= 15 is 0 Å². The Morgan fingerprint density at radius 3 is 2.57 bits per heavy atom. The van der Waals surface area contributed by atoms with Crippen LogP contribution in [0.25, 0.3) is 0 Å². The van der Waals surface area contributed by atoms with Crippen molar-refractivity contribution >= 4 is 27.8 Å². The van der Waals surface area contributed by atoms with Crippen molar-refractivity contribution in [1.82, 2.24) is 9.62 Å². The fourth-order valence-electron chi connectivity index (χ4n) is 2.64. The van der Waals surface area contributed by atoms with E-state index in [2.05, 4.69) is 10.3 Å². The van der Waals surface area contributed by atoms with Crippen molar-refractivity contribution in [3.8, 4) is 0 Å². The number of nitrogens with zero attached hydrogens (tertiary/aromatic N) is 3. The van der Waals surface area contributed by atoms with Crippen molar-refractivity contribution in [2.75, 3.05) is 12.8 Å². The molecule has 0 aliphatic carbocycles. The Balaban J connectivity index is 2.55. The summed E-state index contributed by atoms with van der Waals surface area (Å²) < 4.78 is 45.7. The van der Waals surface area contributed by atoms with Crippen molar-refractivity contribution < 1.29 is 27.3 Å². The first-order chi connectivity index (χ1) is 12.7. The number of aliphatic imine (C=N–C) groups is 1. The number of hydrogen-bond donors (Lipinski definition) is 1. The van der Waals surface area contributed by atoms with Gasteiger partial charge in [-0.25, -0.2) is 22.5 Å². The van der Waals surface area contributed by atoms with E-state index in [-0.39, 0.29) is 11.5 Å². The van der Waals surface area contributed by atoms with Gasteiger partial charge in [0.1, 0.15) is 11.1 Å². The van der Waals surface area contributed by atoms with Gasteiger partial charge in [-0.15, -0.1) is 0 Å². The summed E-state index contributed by atoms with van der Waals surface area (Å²) in [6.45, 7) is 6.19. The fourth-order valence-corrected chi connectivity index (χ4v) is 4.11. The van der Waals surface area contributed by atoms with E-state index in [9.17, 15) is 27.7 Å². The van der Waals surface area contributed by atoms with Gasteiger partial charge in [0.05, 0.1) is 10.7 Å². The number of rotatable bonds is 2. The van der Waals surface area contributed by atoms with Crippen LogP contribution in [0.2, 0.25) is 0 Å². The van der Waals surface area contributed by atoms with Gasteiger partial charge in [-0.2, -0.15) is 4.39 Å². The molecule has 1 amide bonds. The molecular formula is C16H21FN4O6S. The van der Waals surface area contributed by atoms with Gasteiger partial charge in [-0.1, -0.05) is 12.1 Å². The SMILES string of the molecule is CN1C(NC(=O)OC(C)(C)C)=N[C@](C)(c2cccc([N+](=O)[O-])c2F)CS1(=O)=O. The number of halogens is 1. The van der Waals surface area contributed by atoms with Gasteiger partial charge >= 0.3 is 11.8 Å². The number of ether oxygens (including phenoxy) is 1. The highest BCUT2D eigenvalue weighted by molar-refractivity contribution is 7.89. The van der Waals surface area contributed by atoms with Gasteiger partial charge in [0.25, 0.3) is 0 Å². The number of amides is 1. The number of benzene rings is 1. The number of nitro benzene ring substituents is 1. The zero-order valence-corrected chi connectivity index (χ0v) is 16.8. The first-order valence-corrected chi connectivity index (χ1v) is 9.77. The van der Waals surface area contributed by atoms with Crippen LogP contribution < -0.4 is 5.32 Å². The first-order valence-electron chi connectivity index (χ1n) is 8.16. The third-order valence-corrected chi connectivity index (χ3v) is 5.83. The van der Waals surface area contributed by atoms with E-state index in [0.717, 1.165) is 10.4 Å². The molecular weight excluding hydrogens is 395 g/mol. The molecule has 0 fully saturated rings. The molecule has 28 heavy (non-hydrogen) atoms. The molecule has 10 nitrogen and oxygen atoms in total. The Kier molecular flexibility index (Phi) is 5.39. The van der Waals surface area contributed by atoms with Crippen molar-refractivity contribution in [3.63, 3.8) is 0 Å². The van der Waals surface area contributed by atoms with Crippen LogP contribution in [0.4, 0.5) is 14.9 Å². The lowest BCUT2D eigenvalue weighted by Gasteiger charge is -2.35. The predicted octanol–water partition coefficient (Wildman–Crippen LogP) is 2.10. The maximum absolute atomic E-state index is 14.7. The van der Waals surface area contributed by atoms with Gasteiger partial charge in [-0.05, 0) is 27.7 Å². The maximum Gasteiger partial charge on any atom is 0.414 e. The molecule has 2 rings (SSSR count). The summed E-state index contributed by atoms with van der Waals surface area (Å²) in [6.07, 6.45) is -0.947. The van der Waals surface area contributed by atoms with Crippen LogP contribution in [-0.4, -0.2) is 48.1 Å². The summed E-state index contributed by atoms with van der Waals surface area (Å²) >= 11 is 0. The minimum absolute atomic E-state index is 0.276. The summed E-state index contributed by atoms with van der Waals surface area (Å²) in [7, 11) is -2.83. The second kappa shape index (κ2) is 7.00. The van der Waals surface area contributed by atoms with Crippen LogP contribution in [-0.2, 0) is 20.3 Å². The molecule has 1 N–H and O–H groups in total. The second-order valence-electron chi connectivity index (χ2n) is 7.46. The van der Waals surface area contributed by atoms with E-state index in [1.807, 2.05) is 0 Å². The number of carbonyl (C=O) groups is 1. The molecule has 1 aromatic rings. The highest BCUT2D eigenvalue weighted by atomic mass is 32.2. The highest BCUT2D eigenvalue weighted by Gasteiger charge is 2.44. The Morgan fingerprint density at radius 1 is 1.43 bits per heavy atom. The fraction of sp³-hybridized carbons (Fsp3) is 0.500. The summed E-state index contributed by atoms with van der Waals surface area (Å²) in [5.74, 6) is -2.21. The molecule has 0 saturated heterocycles. The summed E-state index contributed by atoms with van der Waals surface area (Å²) in [6, 6.07) is 3.43. The Hall–Kier alpha value is -2.76. The van der Waals surface area contributed by atoms with E-state index in [1.165, 1.54) is 26.1 Å². The molecule has 0 unspecified atom stereocenters. The number of nitrogens with one attached hydrogen (secondary N) is 1.